The van der Waals surface area contributed by atoms with Gasteiger partial charge in [-0.15, -0.1) is 0 Å². The molecule has 0 saturated carbocycles. The van der Waals surface area contributed by atoms with Crippen LogP contribution in [-0.2, 0) is 4.74 Å². The van der Waals surface area contributed by atoms with E-state index in [0.717, 1.165) is 19.2 Å². The summed E-state index contributed by atoms with van der Waals surface area (Å²) in [6.07, 6.45) is 5.70. The maximum absolute atomic E-state index is 5.56. The highest BCUT2D eigenvalue weighted by Gasteiger charge is 2.25. The summed E-state index contributed by atoms with van der Waals surface area (Å²) in [5.74, 6) is 0. The van der Waals surface area contributed by atoms with Gasteiger partial charge in [-0.2, -0.15) is 0 Å². The van der Waals surface area contributed by atoms with Crippen molar-refractivity contribution >= 4 is 0 Å². The van der Waals surface area contributed by atoms with Gasteiger partial charge in [0.15, 0.2) is 0 Å². The fraction of sp³-hybridized carbons (Fsp3) is 1.00. The first-order valence-electron chi connectivity index (χ1n) is 6.32. The van der Waals surface area contributed by atoms with Crippen molar-refractivity contribution in [2.75, 3.05) is 26.7 Å². The molecule has 3 unspecified atom stereocenters. The van der Waals surface area contributed by atoms with Crippen LogP contribution in [0.15, 0.2) is 0 Å². The molecular weight excluding hydrogens is 188 g/mol. The highest BCUT2D eigenvalue weighted by atomic mass is 16.5. The highest BCUT2D eigenvalue weighted by molar-refractivity contribution is 4.83. The minimum atomic E-state index is 0.402. The minimum Gasteiger partial charge on any atom is -0.377 e. The molecule has 2 fully saturated rings. The highest BCUT2D eigenvalue weighted by Crippen LogP contribution is 2.16. The van der Waals surface area contributed by atoms with Crippen LogP contribution in [0.1, 0.15) is 32.6 Å². The lowest BCUT2D eigenvalue weighted by atomic mass is 10.0. The van der Waals surface area contributed by atoms with Crippen LogP contribution in [0.4, 0.5) is 0 Å². The smallest absolute Gasteiger partial charge is 0.0700 e. The lowest BCUT2D eigenvalue weighted by molar-refractivity contribution is 0.109. The summed E-state index contributed by atoms with van der Waals surface area (Å²) in [5.41, 5.74) is 0. The molecule has 0 aromatic rings. The number of piperidine rings is 1. The quantitative estimate of drug-likeness (QED) is 0.762. The summed E-state index contributed by atoms with van der Waals surface area (Å²) in [4.78, 5) is 2.50. The van der Waals surface area contributed by atoms with Gasteiger partial charge in [-0.25, -0.2) is 0 Å². The Hall–Kier alpha value is -0.120. The Morgan fingerprint density at radius 1 is 1.33 bits per heavy atom. The third-order valence-corrected chi connectivity index (χ3v) is 3.91. The van der Waals surface area contributed by atoms with Gasteiger partial charge in [0.05, 0.1) is 6.10 Å². The molecule has 2 aliphatic rings. The van der Waals surface area contributed by atoms with Crippen LogP contribution in [0.25, 0.3) is 0 Å². The standard InChI is InChI=1S/C12H24N2O/c1-10-12(6-8-15-10)13-9-11-5-3-4-7-14(11)2/h10-13H,3-9H2,1-2H3. The van der Waals surface area contributed by atoms with Gasteiger partial charge in [0.1, 0.15) is 0 Å². The predicted octanol–water partition coefficient (Wildman–Crippen LogP) is 1.24. The van der Waals surface area contributed by atoms with Crippen molar-refractivity contribution in [1.29, 1.82) is 0 Å². The number of hydrogen-bond donors (Lipinski definition) is 1. The Labute approximate surface area is 93.2 Å². The molecule has 0 amide bonds. The molecule has 0 radical (unpaired) electrons. The van der Waals surface area contributed by atoms with Gasteiger partial charge in [-0.05, 0) is 39.8 Å². The topological polar surface area (TPSA) is 24.5 Å². The van der Waals surface area contributed by atoms with E-state index in [2.05, 4.69) is 24.2 Å². The summed E-state index contributed by atoms with van der Waals surface area (Å²) in [6.45, 7) is 5.51. The van der Waals surface area contributed by atoms with E-state index in [-0.39, 0.29) is 0 Å². The molecule has 0 aliphatic carbocycles. The van der Waals surface area contributed by atoms with Gasteiger partial charge in [0, 0.05) is 25.2 Å². The second kappa shape index (κ2) is 5.28. The average Bonchev–Trinajstić information content (AvgIpc) is 2.63. The Bertz CT molecular complexity index is 198. The molecule has 3 heteroatoms. The summed E-state index contributed by atoms with van der Waals surface area (Å²) in [6, 6.07) is 1.33. The molecule has 0 aromatic heterocycles. The van der Waals surface area contributed by atoms with Gasteiger partial charge in [0.25, 0.3) is 0 Å². The number of nitrogens with one attached hydrogen (secondary N) is 1. The molecule has 3 atom stereocenters. The van der Waals surface area contributed by atoms with Crippen LogP contribution in [-0.4, -0.2) is 49.8 Å². The van der Waals surface area contributed by atoms with Crippen molar-refractivity contribution in [3.05, 3.63) is 0 Å². The van der Waals surface area contributed by atoms with Crippen LogP contribution >= 0.6 is 0 Å². The van der Waals surface area contributed by atoms with E-state index in [1.54, 1.807) is 0 Å². The Balaban J connectivity index is 1.72. The maximum atomic E-state index is 5.56. The van der Waals surface area contributed by atoms with Crippen LogP contribution < -0.4 is 5.32 Å². The summed E-state index contributed by atoms with van der Waals surface area (Å²) >= 11 is 0. The molecule has 2 heterocycles. The van der Waals surface area contributed by atoms with E-state index in [4.69, 9.17) is 4.74 Å². The lowest BCUT2D eigenvalue weighted by Crippen LogP contribution is -2.47. The normalized spacial score (nSPS) is 38.4. The Kier molecular flexibility index (Phi) is 4.00. The fourth-order valence-electron chi connectivity index (χ4n) is 2.69. The summed E-state index contributed by atoms with van der Waals surface area (Å²) in [7, 11) is 2.25. The van der Waals surface area contributed by atoms with Crippen LogP contribution in [0, 0.1) is 0 Å². The van der Waals surface area contributed by atoms with Gasteiger partial charge >= 0.3 is 0 Å². The van der Waals surface area contributed by atoms with E-state index in [1.165, 1.54) is 32.2 Å². The summed E-state index contributed by atoms with van der Waals surface area (Å²) in [5, 5.41) is 3.66. The molecule has 3 nitrogen and oxygen atoms in total. The van der Waals surface area contributed by atoms with E-state index < -0.39 is 0 Å². The molecule has 2 saturated heterocycles. The molecule has 2 rings (SSSR count). The van der Waals surface area contributed by atoms with Crippen molar-refractivity contribution in [1.82, 2.24) is 10.2 Å². The number of hydrogen-bond acceptors (Lipinski definition) is 3. The van der Waals surface area contributed by atoms with Gasteiger partial charge in [-0.1, -0.05) is 6.42 Å². The predicted molar refractivity (Wildman–Crippen MR) is 62.1 cm³/mol. The first-order chi connectivity index (χ1) is 7.27. The number of rotatable bonds is 3. The van der Waals surface area contributed by atoms with E-state index in [0.29, 0.717) is 12.1 Å². The minimum absolute atomic E-state index is 0.402. The third kappa shape index (κ3) is 2.92. The van der Waals surface area contributed by atoms with Gasteiger partial charge in [0.2, 0.25) is 0 Å². The van der Waals surface area contributed by atoms with Gasteiger partial charge in [-0.3, -0.25) is 0 Å². The molecule has 1 N–H and O–H groups in total. The van der Waals surface area contributed by atoms with Crippen molar-refractivity contribution in [2.24, 2.45) is 0 Å². The number of nitrogens with zero attached hydrogens (tertiary/aromatic N) is 1. The molecule has 15 heavy (non-hydrogen) atoms. The second-order valence-corrected chi connectivity index (χ2v) is 5.01. The number of ether oxygens (including phenoxy) is 1. The molecule has 2 aliphatic heterocycles. The fourth-order valence-corrected chi connectivity index (χ4v) is 2.69. The van der Waals surface area contributed by atoms with E-state index >= 15 is 0 Å². The molecule has 0 aromatic carbocycles. The third-order valence-electron chi connectivity index (χ3n) is 3.91. The number of likely N-dealkylation sites (tertiary alicyclic amines) is 1. The average molecular weight is 212 g/mol. The zero-order valence-corrected chi connectivity index (χ0v) is 10.0. The first-order valence-corrected chi connectivity index (χ1v) is 6.32. The van der Waals surface area contributed by atoms with Crippen molar-refractivity contribution < 1.29 is 4.74 Å². The molecular formula is C12H24N2O. The lowest BCUT2D eigenvalue weighted by Gasteiger charge is -2.33. The van der Waals surface area contributed by atoms with Crippen molar-refractivity contribution in [2.45, 2.75) is 50.8 Å². The van der Waals surface area contributed by atoms with E-state index in [9.17, 15) is 0 Å². The SMILES string of the molecule is CC1OCCC1NCC1CCCCN1C. The second-order valence-electron chi connectivity index (χ2n) is 5.01. The van der Waals surface area contributed by atoms with E-state index in [1.807, 2.05) is 0 Å². The van der Waals surface area contributed by atoms with Crippen LogP contribution in [0.2, 0.25) is 0 Å². The van der Waals surface area contributed by atoms with Gasteiger partial charge < -0.3 is 15.0 Å². The largest absolute Gasteiger partial charge is 0.377 e. The molecule has 0 spiro atoms. The monoisotopic (exact) mass is 212 g/mol. The summed E-state index contributed by atoms with van der Waals surface area (Å²) < 4.78 is 5.56. The van der Waals surface area contributed by atoms with Crippen molar-refractivity contribution in [3.63, 3.8) is 0 Å². The number of likely N-dealkylation sites (N-methyl/N-ethyl adjacent to an activating group) is 1. The Morgan fingerprint density at radius 2 is 2.20 bits per heavy atom. The maximum Gasteiger partial charge on any atom is 0.0700 e. The van der Waals surface area contributed by atoms with Crippen LogP contribution in [0.5, 0.6) is 0 Å². The first kappa shape index (κ1) is 11.4. The Morgan fingerprint density at radius 3 is 2.87 bits per heavy atom. The van der Waals surface area contributed by atoms with Crippen molar-refractivity contribution in [3.8, 4) is 0 Å². The molecule has 88 valence electrons. The zero-order valence-electron chi connectivity index (χ0n) is 10.0. The zero-order chi connectivity index (χ0) is 10.7. The van der Waals surface area contributed by atoms with Crippen LogP contribution in [0.3, 0.4) is 0 Å². The molecule has 0 bridgehead atoms.